The molecule has 0 radical (unpaired) electrons. The zero-order valence-corrected chi connectivity index (χ0v) is 12.4. The Bertz CT molecular complexity index is 581. The van der Waals surface area contributed by atoms with Gasteiger partial charge in [0, 0.05) is 19.6 Å². The average molecular weight is 286 g/mol. The van der Waals surface area contributed by atoms with Gasteiger partial charge in [-0.3, -0.25) is 4.90 Å². The van der Waals surface area contributed by atoms with Gasteiger partial charge in [-0.05, 0) is 22.4 Å². The van der Waals surface area contributed by atoms with Crippen LogP contribution in [0.1, 0.15) is 10.9 Å². The van der Waals surface area contributed by atoms with Crippen molar-refractivity contribution >= 4 is 22.4 Å². The summed E-state index contributed by atoms with van der Waals surface area (Å²) in [6.07, 6.45) is 3.79. The molecule has 0 bridgehead atoms. The van der Waals surface area contributed by atoms with Crippen molar-refractivity contribution in [3.05, 3.63) is 73.3 Å². The van der Waals surface area contributed by atoms with Crippen LogP contribution >= 0.6 is 11.6 Å². The van der Waals surface area contributed by atoms with E-state index in [-0.39, 0.29) is 5.38 Å². The number of alkyl halides is 1. The van der Waals surface area contributed by atoms with Gasteiger partial charge in [0.25, 0.3) is 0 Å². The highest BCUT2D eigenvalue weighted by Gasteiger charge is 2.12. The Kier molecular flexibility index (Phi) is 5.40. The molecule has 2 aromatic rings. The molecule has 0 spiro atoms. The number of benzene rings is 2. The predicted molar refractivity (Wildman–Crippen MR) is 89.4 cm³/mol. The van der Waals surface area contributed by atoms with Gasteiger partial charge in [0.1, 0.15) is 0 Å². The molecule has 2 rings (SSSR count). The van der Waals surface area contributed by atoms with E-state index in [1.807, 2.05) is 12.2 Å². The second-order valence-electron chi connectivity index (χ2n) is 4.87. The van der Waals surface area contributed by atoms with E-state index in [1.54, 1.807) is 0 Å². The summed E-state index contributed by atoms with van der Waals surface area (Å²) in [6, 6.07) is 14.8. The van der Waals surface area contributed by atoms with E-state index in [0.29, 0.717) is 0 Å². The Hall–Kier alpha value is -1.57. The number of hydrogen-bond acceptors (Lipinski definition) is 1. The van der Waals surface area contributed by atoms with E-state index in [1.165, 1.54) is 10.8 Å². The molecule has 2 heteroatoms. The monoisotopic (exact) mass is 285 g/mol. The lowest BCUT2D eigenvalue weighted by molar-refractivity contribution is 0.335. The molecule has 2 aromatic carbocycles. The first-order valence-electron chi connectivity index (χ1n) is 6.81. The van der Waals surface area contributed by atoms with Gasteiger partial charge in [-0.1, -0.05) is 48.6 Å². The van der Waals surface area contributed by atoms with Gasteiger partial charge in [-0.2, -0.15) is 0 Å². The first-order valence-corrected chi connectivity index (χ1v) is 7.25. The summed E-state index contributed by atoms with van der Waals surface area (Å²) in [6.45, 7) is 10.0. The van der Waals surface area contributed by atoms with Crippen LogP contribution in [0.3, 0.4) is 0 Å². The summed E-state index contributed by atoms with van der Waals surface area (Å²) < 4.78 is 0. The van der Waals surface area contributed by atoms with Crippen LogP contribution in [-0.2, 0) is 0 Å². The summed E-state index contributed by atoms with van der Waals surface area (Å²) in [4.78, 5) is 2.23. The van der Waals surface area contributed by atoms with Crippen LogP contribution in [0.15, 0.2) is 67.8 Å². The van der Waals surface area contributed by atoms with Gasteiger partial charge in [-0.25, -0.2) is 0 Å². The van der Waals surface area contributed by atoms with Crippen LogP contribution in [0.2, 0.25) is 0 Å². The average Bonchev–Trinajstić information content (AvgIpc) is 2.47. The van der Waals surface area contributed by atoms with Gasteiger partial charge in [0.05, 0.1) is 5.38 Å². The molecular formula is C18H20ClN. The van der Waals surface area contributed by atoms with E-state index >= 15 is 0 Å². The molecule has 0 fully saturated rings. The van der Waals surface area contributed by atoms with Crippen LogP contribution in [0.5, 0.6) is 0 Å². The molecule has 0 aliphatic rings. The first-order chi connectivity index (χ1) is 9.74. The lowest BCUT2D eigenvalue weighted by atomic mass is 10.0. The molecule has 0 heterocycles. The Morgan fingerprint density at radius 2 is 1.65 bits per heavy atom. The third-order valence-corrected chi connectivity index (χ3v) is 3.72. The lowest BCUT2D eigenvalue weighted by Gasteiger charge is -2.22. The molecular weight excluding hydrogens is 266 g/mol. The van der Waals surface area contributed by atoms with Crippen molar-refractivity contribution in [2.45, 2.75) is 5.38 Å². The third kappa shape index (κ3) is 3.72. The number of rotatable bonds is 7. The van der Waals surface area contributed by atoms with Gasteiger partial charge < -0.3 is 0 Å². The maximum atomic E-state index is 6.56. The highest BCUT2D eigenvalue weighted by atomic mass is 35.5. The normalized spacial score (nSPS) is 12.5. The fourth-order valence-electron chi connectivity index (χ4n) is 2.32. The summed E-state index contributed by atoms with van der Waals surface area (Å²) in [7, 11) is 0. The molecule has 0 aliphatic carbocycles. The number of fused-ring (bicyclic) bond motifs is 1. The topological polar surface area (TPSA) is 3.24 Å². The number of nitrogens with zero attached hydrogens (tertiary/aromatic N) is 1. The van der Waals surface area contributed by atoms with Gasteiger partial charge in [-0.15, -0.1) is 24.8 Å². The third-order valence-electron chi connectivity index (χ3n) is 3.33. The van der Waals surface area contributed by atoms with Crippen LogP contribution < -0.4 is 0 Å². The number of halogens is 1. The molecule has 20 heavy (non-hydrogen) atoms. The maximum Gasteiger partial charge on any atom is 0.0712 e. The summed E-state index contributed by atoms with van der Waals surface area (Å²) in [5, 5.41) is 2.45. The maximum absolute atomic E-state index is 6.56. The molecule has 0 aliphatic heterocycles. The second kappa shape index (κ2) is 7.28. The molecule has 0 aromatic heterocycles. The molecule has 0 saturated carbocycles. The van der Waals surface area contributed by atoms with E-state index < -0.39 is 0 Å². The molecule has 1 unspecified atom stereocenters. The Balaban J connectivity index is 2.15. The van der Waals surface area contributed by atoms with Crippen LogP contribution in [0, 0.1) is 0 Å². The zero-order chi connectivity index (χ0) is 14.4. The van der Waals surface area contributed by atoms with Gasteiger partial charge in [0.2, 0.25) is 0 Å². The predicted octanol–water partition coefficient (Wildman–Crippen LogP) is 4.79. The van der Waals surface area contributed by atoms with Crippen molar-refractivity contribution in [2.24, 2.45) is 0 Å². The molecule has 104 valence electrons. The minimum atomic E-state index is -0.0282. The van der Waals surface area contributed by atoms with E-state index in [0.717, 1.165) is 25.2 Å². The lowest BCUT2D eigenvalue weighted by Crippen LogP contribution is -2.27. The first kappa shape index (κ1) is 14.8. The Morgan fingerprint density at radius 1 is 1.00 bits per heavy atom. The summed E-state index contributed by atoms with van der Waals surface area (Å²) in [5.74, 6) is 0. The van der Waals surface area contributed by atoms with E-state index in [9.17, 15) is 0 Å². The minimum absolute atomic E-state index is 0.0282. The van der Waals surface area contributed by atoms with E-state index in [2.05, 4.69) is 60.5 Å². The highest BCUT2D eigenvalue weighted by molar-refractivity contribution is 6.21. The van der Waals surface area contributed by atoms with Crippen molar-refractivity contribution in [3.63, 3.8) is 0 Å². The second-order valence-corrected chi connectivity index (χ2v) is 5.40. The Morgan fingerprint density at radius 3 is 2.30 bits per heavy atom. The molecule has 0 saturated heterocycles. The van der Waals surface area contributed by atoms with Crippen molar-refractivity contribution in [1.29, 1.82) is 0 Å². The number of hydrogen-bond donors (Lipinski definition) is 0. The summed E-state index contributed by atoms with van der Waals surface area (Å²) in [5.41, 5.74) is 1.16. The van der Waals surface area contributed by atoms with Crippen LogP contribution in [0.25, 0.3) is 10.8 Å². The zero-order valence-electron chi connectivity index (χ0n) is 11.6. The fourth-order valence-corrected chi connectivity index (χ4v) is 2.65. The van der Waals surface area contributed by atoms with E-state index in [4.69, 9.17) is 11.6 Å². The van der Waals surface area contributed by atoms with Gasteiger partial charge >= 0.3 is 0 Å². The molecule has 0 N–H and O–H groups in total. The Labute approximate surface area is 126 Å². The highest BCUT2D eigenvalue weighted by Crippen LogP contribution is 2.25. The quantitative estimate of drug-likeness (QED) is 0.522. The fraction of sp³-hybridized carbons (Fsp3) is 0.222. The summed E-state index contributed by atoms with van der Waals surface area (Å²) >= 11 is 6.56. The molecule has 0 amide bonds. The minimum Gasteiger partial charge on any atom is -0.294 e. The van der Waals surface area contributed by atoms with Crippen LogP contribution in [-0.4, -0.2) is 24.5 Å². The smallest absolute Gasteiger partial charge is 0.0712 e. The molecule has 1 atom stereocenters. The van der Waals surface area contributed by atoms with Crippen molar-refractivity contribution in [2.75, 3.05) is 19.6 Å². The van der Waals surface area contributed by atoms with Crippen LogP contribution in [0.4, 0.5) is 0 Å². The standard InChI is InChI=1S/C18H20ClN/c1-3-11-20(12-4-2)14-18(19)17-10-9-15-7-5-6-8-16(15)13-17/h3-10,13,18H,1-2,11-12,14H2. The van der Waals surface area contributed by atoms with Gasteiger partial charge in [0.15, 0.2) is 0 Å². The van der Waals surface area contributed by atoms with Crippen molar-refractivity contribution in [1.82, 2.24) is 4.90 Å². The SMILES string of the molecule is C=CCN(CC=C)CC(Cl)c1ccc2ccccc2c1. The van der Waals surface area contributed by atoms with Crippen molar-refractivity contribution in [3.8, 4) is 0 Å². The largest absolute Gasteiger partial charge is 0.294 e. The molecule has 1 nitrogen and oxygen atoms in total. The van der Waals surface area contributed by atoms with Crippen molar-refractivity contribution < 1.29 is 0 Å².